The summed E-state index contributed by atoms with van der Waals surface area (Å²) < 4.78 is 23.7. The molecule has 0 bridgehead atoms. The van der Waals surface area contributed by atoms with Crippen molar-refractivity contribution in [1.82, 2.24) is 20.2 Å². The molecule has 8 heteroatoms. The molecule has 4 rings (SSSR count). The molecular weight excluding hydrogens is 374 g/mol. The van der Waals surface area contributed by atoms with Gasteiger partial charge in [0.25, 0.3) is 0 Å². The first-order chi connectivity index (χ1) is 13.5. The van der Waals surface area contributed by atoms with Crippen LogP contribution in [0.15, 0.2) is 78.2 Å². The van der Waals surface area contributed by atoms with Gasteiger partial charge in [-0.3, -0.25) is 10.1 Å². The first-order valence-electron chi connectivity index (χ1n) is 8.49. The SMILES string of the molecule is CS(=O)(=O)c1cccc(Nc2nccc(-c3ccccn3)c2-c2cn[nH]c2)c1. The Morgan fingerprint density at radius 1 is 1.00 bits per heavy atom. The molecule has 7 nitrogen and oxygen atoms in total. The van der Waals surface area contributed by atoms with Crippen molar-refractivity contribution < 1.29 is 8.42 Å². The van der Waals surface area contributed by atoms with Crippen molar-refractivity contribution in [3.63, 3.8) is 0 Å². The molecule has 0 saturated heterocycles. The maximum Gasteiger partial charge on any atom is 0.175 e. The maximum atomic E-state index is 11.9. The average molecular weight is 391 g/mol. The number of nitrogens with one attached hydrogen (secondary N) is 2. The zero-order valence-electron chi connectivity index (χ0n) is 15.0. The molecule has 0 radical (unpaired) electrons. The van der Waals surface area contributed by atoms with Crippen LogP contribution >= 0.6 is 0 Å². The van der Waals surface area contributed by atoms with Gasteiger partial charge in [-0.05, 0) is 36.4 Å². The quantitative estimate of drug-likeness (QED) is 0.538. The minimum Gasteiger partial charge on any atom is -0.340 e. The molecule has 3 aromatic heterocycles. The molecule has 0 atom stereocenters. The Morgan fingerprint density at radius 3 is 2.61 bits per heavy atom. The molecule has 0 saturated carbocycles. The summed E-state index contributed by atoms with van der Waals surface area (Å²) in [6.07, 6.45) is 8.10. The number of hydrogen-bond acceptors (Lipinski definition) is 6. The first-order valence-corrected chi connectivity index (χ1v) is 10.4. The molecule has 0 unspecified atom stereocenters. The maximum absolute atomic E-state index is 11.9. The van der Waals surface area contributed by atoms with Crippen molar-refractivity contribution in [1.29, 1.82) is 0 Å². The highest BCUT2D eigenvalue weighted by Crippen LogP contribution is 2.36. The summed E-state index contributed by atoms with van der Waals surface area (Å²) in [5, 5.41) is 10.1. The van der Waals surface area contributed by atoms with Gasteiger partial charge in [0.2, 0.25) is 0 Å². The van der Waals surface area contributed by atoms with Gasteiger partial charge in [-0.1, -0.05) is 12.1 Å². The van der Waals surface area contributed by atoms with Gasteiger partial charge < -0.3 is 5.32 Å². The Bertz CT molecular complexity index is 1210. The number of H-pyrrole nitrogens is 1. The van der Waals surface area contributed by atoms with Gasteiger partial charge in [-0.2, -0.15) is 5.10 Å². The van der Waals surface area contributed by atoms with Crippen LogP contribution in [0.4, 0.5) is 11.5 Å². The summed E-state index contributed by atoms with van der Waals surface area (Å²) in [6, 6.07) is 14.2. The van der Waals surface area contributed by atoms with Crippen molar-refractivity contribution in [3.05, 3.63) is 73.3 Å². The Labute approximate surface area is 162 Å². The fourth-order valence-electron chi connectivity index (χ4n) is 2.91. The molecule has 0 aliphatic rings. The zero-order valence-corrected chi connectivity index (χ0v) is 15.8. The molecular formula is C20H17N5O2S. The molecule has 2 N–H and O–H groups in total. The van der Waals surface area contributed by atoms with Crippen LogP contribution in [0, 0.1) is 0 Å². The third-order valence-electron chi connectivity index (χ3n) is 4.20. The van der Waals surface area contributed by atoms with Crippen molar-refractivity contribution in [3.8, 4) is 22.4 Å². The largest absolute Gasteiger partial charge is 0.340 e. The van der Waals surface area contributed by atoms with Crippen LogP contribution in [0.2, 0.25) is 0 Å². The molecule has 0 fully saturated rings. The average Bonchev–Trinajstić information content (AvgIpc) is 3.22. The predicted octanol–water partition coefficient (Wildman–Crippen LogP) is 3.68. The topological polar surface area (TPSA) is 101 Å². The minimum absolute atomic E-state index is 0.239. The molecule has 3 heterocycles. The smallest absolute Gasteiger partial charge is 0.175 e. The summed E-state index contributed by atoms with van der Waals surface area (Å²) in [5.41, 5.74) is 3.97. The molecule has 0 aliphatic heterocycles. The van der Waals surface area contributed by atoms with Gasteiger partial charge in [-0.15, -0.1) is 0 Å². The van der Waals surface area contributed by atoms with E-state index in [1.165, 1.54) is 6.26 Å². The Balaban J connectivity index is 1.84. The monoisotopic (exact) mass is 391 g/mol. The number of aromatic amines is 1. The van der Waals surface area contributed by atoms with Crippen LogP contribution in [0.3, 0.4) is 0 Å². The number of aromatic nitrogens is 4. The van der Waals surface area contributed by atoms with E-state index < -0.39 is 9.84 Å². The predicted molar refractivity (Wildman–Crippen MR) is 108 cm³/mol. The van der Waals surface area contributed by atoms with E-state index in [1.807, 2.05) is 24.3 Å². The van der Waals surface area contributed by atoms with Crippen LogP contribution in [0.25, 0.3) is 22.4 Å². The van der Waals surface area contributed by atoms with Crippen molar-refractivity contribution in [2.24, 2.45) is 0 Å². The van der Waals surface area contributed by atoms with E-state index >= 15 is 0 Å². The number of hydrogen-bond donors (Lipinski definition) is 2. The number of anilines is 2. The molecule has 4 aromatic rings. The van der Waals surface area contributed by atoms with Gasteiger partial charge in [0.1, 0.15) is 5.82 Å². The number of nitrogens with zero attached hydrogens (tertiary/aromatic N) is 3. The lowest BCUT2D eigenvalue weighted by molar-refractivity contribution is 0.602. The minimum atomic E-state index is -3.31. The van der Waals surface area contributed by atoms with Crippen LogP contribution in [0.1, 0.15) is 0 Å². The normalized spacial score (nSPS) is 11.3. The van der Waals surface area contributed by atoms with Crippen LogP contribution in [0.5, 0.6) is 0 Å². The van der Waals surface area contributed by atoms with Gasteiger partial charge in [0, 0.05) is 47.2 Å². The summed E-state index contributed by atoms with van der Waals surface area (Å²) in [4.78, 5) is 9.17. The Morgan fingerprint density at radius 2 is 1.89 bits per heavy atom. The summed E-state index contributed by atoms with van der Waals surface area (Å²) in [7, 11) is -3.31. The van der Waals surface area contributed by atoms with E-state index in [4.69, 9.17) is 0 Å². The van der Waals surface area contributed by atoms with Crippen LogP contribution in [-0.4, -0.2) is 34.8 Å². The van der Waals surface area contributed by atoms with Gasteiger partial charge in [0.15, 0.2) is 9.84 Å². The molecule has 0 amide bonds. The van der Waals surface area contributed by atoms with E-state index in [1.54, 1.807) is 49.1 Å². The first kappa shape index (κ1) is 17.9. The fraction of sp³-hybridized carbons (Fsp3) is 0.0500. The highest BCUT2D eigenvalue weighted by Gasteiger charge is 2.16. The summed E-state index contributed by atoms with van der Waals surface area (Å²) >= 11 is 0. The second-order valence-corrected chi connectivity index (χ2v) is 8.22. The second-order valence-electron chi connectivity index (χ2n) is 6.21. The lowest BCUT2D eigenvalue weighted by atomic mass is 10.0. The van der Waals surface area contributed by atoms with Crippen molar-refractivity contribution in [2.45, 2.75) is 4.90 Å². The summed E-state index contributed by atoms with van der Waals surface area (Å²) in [5.74, 6) is 0.579. The molecule has 140 valence electrons. The summed E-state index contributed by atoms with van der Waals surface area (Å²) in [6.45, 7) is 0. The van der Waals surface area contributed by atoms with Crippen molar-refractivity contribution >= 4 is 21.3 Å². The van der Waals surface area contributed by atoms with E-state index in [-0.39, 0.29) is 4.90 Å². The van der Waals surface area contributed by atoms with Gasteiger partial charge in [-0.25, -0.2) is 13.4 Å². The number of pyridine rings is 2. The zero-order chi connectivity index (χ0) is 19.6. The highest BCUT2D eigenvalue weighted by molar-refractivity contribution is 7.90. The van der Waals surface area contributed by atoms with E-state index in [9.17, 15) is 8.42 Å². The third kappa shape index (κ3) is 3.63. The molecule has 1 aromatic carbocycles. The molecule has 0 spiro atoms. The van der Waals surface area contributed by atoms with Gasteiger partial charge in [0.05, 0.1) is 16.8 Å². The van der Waals surface area contributed by atoms with Crippen LogP contribution < -0.4 is 5.32 Å². The Kier molecular flexibility index (Phi) is 4.62. The molecule has 0 aliphatic carbocycles. The van der Waals surface area contributed by atoms with Crippen molar-refractivity contribution in [2.75, 3.05) is 11.6 Å². The second kappa shape index (κ2) is 7.24. The Hall–Kier alpha value is -3.52. The van der Waals surface area contributed by atoms with E-state index in [0.29, 0.717) is 11.5 Å². The number of benzene rings is 1. The van der Waals surface area contributed by atoms with E-state index in [2.05, 4.69) is 25.5 Å². The lowest BCUT2D eigenvalue weighted by Crippen LogP contribution is -2.01. The van der Waals surface area contributed by atoms with Gasteiger partial charge >= 0.3 is 0 Å². The number of sulfone groups is 1. The lowest BCUT2D eigenvalue weighted by Gasteiger charge is -2.14. The van der Waals surface area contributed by atoms with Crippen LogP contribution in [-0.2, 0) is 9.84 Å². The standard InChI is InChI=1S/C20H17N5O2S/c1-28(26,27)16-6-4-5-15(11-16)25-20-19(14-12-23-24-13-14)17(8-10-22-20)18-7-2-3-9-21-18/h2-13H,1H3,(H,22,25)(H,23,24). The molecule has 28 heavy (non-hydrogen) atoms. The number of rotatable bonds is 5. The highest BCUT2D eigenvalue weighted by atomic mass is 32.2. The fourth-order valence-corrected chi connectivity index (χ4v) is 3.58. The van der Waals surface area contributed by atoms with E-state index in [0.717, 1.165) is 22.4 Å². The third-order valence-corrected chi connectivity index (χ3v) is 5.31.